The highest BCUT2D eigenvalue weighted by Gasteiger charge is 2.45. The van der Waals surface area contributed by atoms with E-state index in [0.29, 0.717) is 87.1 Å². The highest BCUT2D eigenvalue weighted by atomic mass is 16.5. The van der Waals surface area contributed by atoms with Crippen molar-refractivity contribution in [1.29, 1.82) is 0 Å². The Labute approximate surface area is 530 Å². The van der Waals surface area contributed by atoms with E-state index < -0.39 is 72.0 Å². The summed E-state index contributed by atoms with van der Waals surface area (Å²) in [5.41, 5.74) is 2.17. The van der Waals surface area contributed by atoms with Crippen LogP contribution < -0.4 is 20.1 Å². The molecule has 0 aliphatic carbocycles. The van der Waals surface area contributed by atoms with Crippen molar-refractivity contribution in [3.05, 3.63) is 138 Å². The van der Waals surface area contributed by atoms with Crippen molar-refractivity contribution in [2.45, 2.75) is 148 Å². The van der Waals surface area contributed by atoms with E-state index >= 15 is 0 Å². The topological polar surface area (TPSA) is 231 Å². The van der Waals surface area contributed by atoms with Crippen LogP contribution in [-0.2, 0) is 65.5 Å². The number of hydrogen-bond donors (Lipinski definition) is 2. The molecule has 4 aromatic carbocycles. The van der Waals surface area contributed by atoms with Gasteiger partial charge in [0.25, 0.3) is 5.91 Å². The Kier molecular flexibility index (Phi) is 26.7. The molecule has 4 aromatic rings. The van der Waals surface area contributed by atoms with Gasteiger partial charge >= 0.3 is 11.9 Å². The van der Waals surface area contributed by atoms with Crippen LogP contribution >= 0.6 is 0 Å². The van der Waals surface area contributed by atoms with E-state index in [2.05, 4.69) is 10.6 Å². The van der Waals surface area contributed by atoms with E-state index in [4.69, 9.17) is 18.9 Å². The number of piperidine rings is 1. The number of Topliss-reactive ketones (excluding diaryl/α,β-unsaturated/α-hetero) is 1. The summed E-state index contributed by atoms with van der Waals surface area (Å²) in [7, 11) is 9.63. The molecule has 2 N–H and O–H groups in total. The normalized spacial score (nSPS) is 16.3. The van der Waals surface area contributed by atoms with Gasteiger partial charge < -0.3 is 54.1 Å². The first-order chi connectivity index (χ1) is 43.0. The molecule has 90 heavy (non-hydrogen) atoms. The summed E-state index contributed by atoms with van der Waals surface area (Å²) < 4.78 is 22.7. The molecule has 0 aromatic heterocycles. The van der Waals surface area contributed by atoms with Gasteiger partial charge in [-0.05, 0) is 138 Å². The number of methoxy groups -OCH3 is 2. The Hall–Kier alpha value is -8.39. The van der Waals surface area contributed by atoms with Gasteiger partial charge in [0.1, 0.15) is 42.9 Å². The fourth-order valence-corrected chi connectivity index (χ4v) is 11.5. The molecule has 2 heterocycles. The summed E-state index contributed by atoms with van der Waals surface area (Å²) >= 11 is 0. The molecule has 2 saturated heterocycles. The average Bonchev–Trinajstić information content (AvgIpc) is 1.52. The maximum atomic E-state index is 14.8. The molecule has 486 valence electrons. The van der Waals surface area contributed by atoms with Crippen LogP contribution in [0.25, 0.3) is 0 Å². The van der Waals surface area contributed by atoms with E-state index in [0.717, 1.165) is 16.7 Å². The number of carbonyl (C=O) groups excluding carboxylic acids is 9. The number of hydrogen-bond acceptors (Lipinski definition) is 14. The zero-order valence-corrected chi connectivity index (χ0v) is 54.4. The number of likely N-dealkylation sites (N-methyl/N-ethyl adjacent to an activating group) is 4. The quantitative estimate of drug-likeness (QED) is 0.0274. The molecule has 2 aliphatic rings. The van der Waals surface area contributed by atoms with Crippen LogP contribution in [0, 0.1) is 11.3 Å². The fraction of sp³-hybridized carbons (Fsp3) is 0.500. The van der Waals surface area contributed by atoms with Crippen LogP contribution in [0.3, 0.4) is 0 Å². The summed E-state index contributed by atoms with van der Waals surface area (Å²) in [4.78, 5) is 134. The standard InChI is InChI=1S/C70H93N7O13/c1-12-25-60(78)72-52-31-23-30-51(45-52)57(37-35-49-36-38-58(87-10)59(44-49)88-11)90-69(86)54-32-19-22-40-77(54)68(85)63(80)70(4,5)46-89-61(79)34-20-21-39-73(7)64(81)55(42-47(2)3)74(8)65(82)53-33-24-41-76(53)66(83)56(43-48-26-15-13-16-27-48)75(9)67(84)62(71-6)50-28-17-14-18-29-50/h13-18,20,23,26-31,34,36,38,44-45,47,53-57,62,71H,12,19,21-22,24-25,32-33,35,37,39-43,46H2,1-11H3,(H,72,78)/b34-20+/t53-,54?,55+,56+,57?,62+/m1/s1. The van der Waals surface area contributed by atoms with E-state index in [1.807, 2.05) is 99.6 Å². The second-order valence-electron chi connectivity index (χ2n) is 24.4. The van der Waals surface area contributed by atoms with Gasteiger partial charge in [0.15, 0.2) is 11.5 Å². The number of amides is 6. The summed E-state index contributed by atoms with van der Waals surface area (Å²) in [5.74, 6) is -3.59. The lowest BCUT2D eigenvalue weighted by Crippen LogP contribution is -2.58. The number of aryl methyl sites for hydroxylation is 1. The van der Waals surface area contributed by atoms with Crippen molar-refractivity contribution in [3.63, 3.8) is 0 Å². The lowest BCUT2D eigenvalue weighted by atomic mass is 9.87. The van der Waals surface area contributed by atoms with Crippen LogP contribution in [-0.4, -0.2) is 170 Å². The maximum Gasteiger partial charge on any atom is 0.330 e. The second kappa shape index (κ2) is 34.0. The van der Waals surface area contributed by atoms with Gasteiger partial charge in [-0.2, -0.15) is 0 Å². The number of benzene rings is 4. The van der Waals surface area contributed by atoms with Crippen molar-refractivity contribution in [1.82, 2.24) is 29.8 Å². The zero-order valence-electron chi connectivity index (χ0n) is 54.4. The Morgan fingerprint density at radius 3 is 2.06 bits per heavy atom. The van der Waals surface area contributed by atoms with Crippen molar-refractivity contribution < 1.29 is 62.1 Å². The molecule has 2 fully saturated rings. The minimum Gasteiger partial charge on any atom is -0.493 e. The molecule has 0 bridgehead atoms. The van der Waals surface area contributed by atoms with Gasteiger partial charge in [-0.1, -0.05) is 106 Å². The van der Waals surface area contributed by atoms with Crippen LogP contribution in [0.2, 0.25) is 0 Å². The Balaban J connectivity index is 1.05. The number of carbonyl (C=O) groups is 9. The summed E-state index contributed by atoms with van der Waals surface area (Å²) in [6, 6.07) is 26.9. The van der Waals surface area contributed by atoms with Gasteiger partial charge in [-0.15, -0.1) is 0 Å². The summed E-state index contributed by atoms with van der Waals surface area (Å²) in [5, 5.41) is 6.01. The van der Waals surface area contributed by atoms with Crippen LogP contribution in [0.4, 0.5) is 5.69 Å². The SMILES string of the molecule is CCCC(=O)Nc1cccc(C(CCc2ccc(OC)c(OC)c2)OC(=O)C2CCCCN2C(=O)C(=O)C(C)(C)COC(=O)/C=C/CCN(C)C(=O)[C@H](CC(C)C)N(C)C(=O)[C@H]2CCCN2C(=O)[C@H](Cc2ccccc2)N(C)C(=O)[C@@H](NC)c2ccccc2)c1. The van der Waals surface area contributed by atoms with E-state index in [-0.39, 0.29) is 67.8 Å². The third-order valence-electron chi connectivity index (χ3n) is 16.8. The first-order valence-electron chi connectivity index (χ1n) is 31.4. The Morgan fingerprint density at radius 2 is 1.39 bits per heavy atom. The van der Waals surface area contributed by atoms with E-state index in [1.54, 1.807) is 71.6 Å². The first kappa shape index (κ1) is 70.7. The van der Waals surface area contributed by atoms with Gasteiger partial charge in [0.2, 0.25) is 35.3 Å². The largest absolute Gasteiger partial charge is 0.493 e. The van der Waals surface area contributed by atoms with Crippen LogP contribution in [0.5, 0.6) is 11.5 Å². The van der Waals surface area contributed by atoms with Crippen molar-refractivity contribution in [3.8, 4) is 11.5 Å². The number of nitrogens with one attached hydrogen (secondary N) is 2. The summed E-state index contributed by atoms with van der Waals surface area (Å²) in [6.45, 7) is 8.98. The van der Waals surface area contributed by atoms with Crippen molar-refractivity contribution >= 4 is 58.9 Å². The molecule has 6 rings (SSSR count). The van der Waals surface area contributed by atoms with E-state index in [1.165, 1.54) is 45.6 Å². The van der Waals surface area contributed by atoms with Gasteiger partial charge in [0, 0.05) is 65.4 Å². The predicted octanol–water partition coefficient (Wildman–Crippen LogP) is 8.48. The molecule has 20 heteroatoms. The molecule has 2 aliphatic heterocycles. The second-order valence-corrected chi connectivity index (χ2v) is 24.4. The van der Waals surface area contributed by atoms with Crippen LogP contribution in [0.1, 0.15) is 133 Å². The van der Waals surface area contributed by atoms with Crippen molar-refractivity contribution in [2.24, 2.45) is 11.3 Å². The monoisotopic (exact) mass is 1240 g/mol. The smallest absolute Gasteiger partial charge is 0.330 e. The number of esters is 2. The van der Waals surface area contributed by atoms with Crippen LogP contribution in [0.15, 0.2) is 115 Å². The number of anilines is 1. The molecular weight excluding hydrogens is 1150 g/mol. The molecule has 20 nitrogen and oxygen atoms in total. The third-order valence-corrected chi connectivity index (χ3v) is 16.8. The highest BCUT2D eigenvalue weighted by Crippen LogP contribution is 2.33. The number of likely N-dealkylation sites (tertiary alicyclic amines) is 2. The first-order valence-corrected chi connectivity index (χ1v) is 31.4. The van der Waals surface area contributed by atoms with Gasteiger partial charge in [-0.3, -0.25) is 33.6 Å². The number of rotatable bonds is 31. The molecular formula is C70H93N7O13. The number of nitrogens with zero attached hydrogens (tertiary/aromatic N) is 5. The predicted molar refractivity (Wildman–Crippen MR) is 343 cm³/mol. The number of ketones is 1. The number of ether oxygens (including phenoxy) is 4. The Morgan fingerprint density at radius 1 is 0.722 bits per heavy atom. The molecule has 6 amide bonds. The van der Waals surface area contributed by atoms with Gasteiger partial charge in [-0.25, -0.2) is 9.59 Å². The fourth-order valence-electron chi connectivity index (χ4n) is 11.5. The molecule has 0 radical (unpaired) electrons. The molecule has 0 spiro atoms. The lowest BCUT2D eigenvalue weighted by Gasteiger charge is -2.37. The minimum absolute atomic E-state index is 0.00968. The minimum atomic E-state index is -1.49. The Bertz CT molecular complexity index is 3140. The summed E-state index contributed by atoms with van der Waals surface area (Å²) in [6.07, 6.45) is 6.87. The van der Waals surface area contributed by atoms with E-state index in [9.17, 15) is 43.2 Å². The highest BCUT2D eigenvalue weighted by molar-refractivity contribution is 6.38. The molecule has 0 saturated carbocycles. The van der Waals surface area contributed by atoms with Crippen molar-refractivity contribution in [2.75, 3.05) is 74.0 Å². The molecule has 2 unspecified atom stereocenters. The maximum absolute atomic E-state index is 14.8. The molecule has 6 atom stereocenters. The lowest BCUT2D eigenvalue weighted by molar-refractivity contribution is -0.165. The average molecular weight is 1240 g/mol. The van der Waals surface area contributed by atoms with Gasteiger partial charge in [0.05, 0.1) is 19.6 Å². The third kappa shape index (κ3) is 19.1. The zero-order chi connectivity index (χ0) is 65.7.